The SMILES string of the molecule is O=C1NC2(CCCC2)SC1c1ccccc1. The van der Waals surface area contributed by atoms with Crippen LogP contribution >= 0.6 is 11.8 Å². The average Bonchev–Trinajstić information content (AvgIpc) is 2.88. The van der Waals surface area contributed by atoms with Gasteiger partial charge in [-0.15, -0.1) is 11.8 Å². The van der Waals surface area contributed by atoms with E-state index in [9.17, 15) is 4.79 Å². The van der Waals surface area contributed by atoms with E-state index in [1.807, 2.05) is 42.1 Å². The highest BCUT2D eigenvalue weighted by molar-refractivity contribution is 8.02. The van der Waals surface area contributed by atoms with E-state index < -0.39 is 0 Å². The minimum Gasteiger partial charge on any atom is -0.340 e. The van der Waals surface area contributed by atoms with Gasteiger partial charge in [0.2, 0.25) is 5.91 Å². The Balaban J connectivity index is 1.86. The van der Waals surface area contributed by atoms with Gasteiger partial charge in [-0.2, -0.15) is 0 Å². The molecule has 0 bridgehead atoms. The van der Waals surface area contributed by atoms with Crippen LogP contribution in [0.1, 0.15) is 36.5 Å². The fourth-order valence-electron chi connectivity index (χ4n) is 2.63. The highest BCUT2D eigenvalue weighted by Gasteiger charge is 2.46. The average molecular weight is 233 g/mol. The maximum absolute atomic E-state index is 12.0. The third-order valence-electron chi connectivity index (χ3n) is 3.45. The molecule has 1 saturated heterocycles. The number of nitrogens with one attached hydrogen (secondary N) is 1. The predicted octanol–water partition coefficient (Wildman–Crippen LogP) is 2.86. The van der Waals surface area contributed by atoms with Crippen LogP contribution in [0.15, 0.2) is 30.3 Å². The number of rotatable bonds is 1. The van der Waals surface area contributed by atoms with Crippen molar-refractivity contribution < 1.29 is 4.79 Å². The maximum Gasteiger partial charge on any atom is 0.238 e. The Bertz CT molecular complexity index is 398. The van der Waals surface area contributed by atoms with Crippen LogP contribution in [0.5, 0.6) is 0 Å². The first-order chi connectivity index (χ1) is 7.79. The molecule has 3 heteroatoms. The van der Waals surface area contributed by atoms with E-state index in [0.29, 0.717) is 0 Å². The number of carbonyl (C=O) groups excluding carboxylic acids is 1. The summed E-state index contributed by atoms with van der Waals surface area (Å²) in [6, 6.07) is 10.1. The summed E-state index contributed by atoms with van der Waals surface area (Å²) in [6.45, 7) is 0. The van der Waals surface area contributed by atoms with E-state index in [2.05, 4.69) is 5.32 Å². The van der Waals surface area contributed by atoms with E-state index in [1.54, 1.807) is 0 Å². The standard InChI is InChI=1S/C13H15NOS/c15-12-11(10-6-2-1-3-7-10)16-13(14-12)8-4-5-9-13/h1-3,6-7,11H,4-5,8-9H2,(H,14,15). The first-order valence-electron chi connectivity index (χ1n) is 5.84. The molecule has 1 N–H and O–H groups in total. The summed E-state index contributed by atoms with van der Waals surface area (Å²) >= 11 is 1.82. The summed E-state index contributed by atoms with van der Waals surface area (Å²) in [7, 11) is 0. The minimum atomic E-state index is -0.000648. The number of carbonyl (C=O) groups is 1. The van der Waals surface area contributed by atoms with Crippen molar-refractivity contribution >= 4 is 17.7 Å². The molecule has 1 atom stereocenters. The van der Waals surface area contributed by atoms with Crippen molar-refractivity contribution in [2.24, 2.45) is 0 Å². The van der Waals surface area contributed by atoms with Crippen molar-refractivity contribution in [3.05, 3.63) is 35.9 Å². The normalized spacial score (nSPS) is 27.2. The Morgan fingerprint density at radius 2 is 1.88 bits per heavy atom. The predicted molar refractivity (Wildman–Crippen MR) is 66.1 cm³/mol. The summed E-state index contributed by atoms with van der Waals surface area (Å²) in [5.41, 5.74) is 1.13. The van der Waals surface area contributed by atoms with Crippen LogP contribution in [0.3, 0.4) is 0 Å². The van der Waals surface area contributed by atoms with Gasteiger partial charge in [0.25, 0.3) is 0 Å². The summed E-state index contributed by atoms with van der Waals surface area (Å²) < 4.78 is 0. The number of benzene rings is 1. The number of thioether (sulfide) groups is 1. The fraction of sp³-hybridized carbons (Fsp3) is 0.462. The van der Waals surface area contributed by atoms with E-state index in [1.165, 1.54) is 12.8 Å². The number of hydrogen-bond acceptors (Lipinski definition) is 2. The quantitative estimate of drug-likeness (QED) is 0.808. The molecule has 1 heterocycles. The van der Waals surface area contributed by atoms with Crippen LogP contribution in [-0.2, 0) is 4.79 Å². The first-order valence-corrected chi connectivity index (χ1v) is 6.72. The van der Waals surface area contributed by atoms with Gasteiger partial charge in [-0.1, -0.05) is 43.2 Å². The topological polar surface area (TPSA) is 29.1 Å². The van der Waals surface area contributed by atoms with E-state index in [0.717, 1.165) is 18.4 Å². The molecule has 0 aromatic heterocycles. The molecule has 1 aliphatic carbocycles. The van der Waals surface area contributed by atoms with Crippen LogP contribution in [-0.4, -0.2) is 10.8 Å². The first kappa shape index (κ1) is 10.2. The molecule has 1 aromatic rings. The molecule has 1 aliphatic heterocycles. The molecule has 3 rings (SSSR count). The van der Waals surface area contributed by atoms with E-state index >= 15 is 0 Å². The minimum absolute atomic E-state index is 0.000648. The van der Waals surface area contributed by atoms with Crippen LogP contribution in [0.25, 0.3) is 0 Å². The second-order valence-corrected chi connectivity index (χ2v) is 6.09. The largest absolute Gasteiger partial charge is 0.340 e. The van der Waals surface area contributed by atoms with Crippen LogP contribution in [0, 0.1) is 0 Å². The monoisotopic (exact) mass is 233 g/mol. The molecule has 1 aromatic carbocycles. The Morgan fingerprint density at radius 1 is 1.19 bits per heavy atom. The summed E-state index contributed by atoms with van der Waals surface area (Å²) in [5, 5.41) is 3.20. The molecule has 2 fully saturated rings. The van der Waals surface area contributed by atoms with Gasteiger partial charge in [-0.05, 0) is 18.4 Å². The van der Waals surface area contributed by atoms with Crippen LogP contribution in [0.2, 0.25) is 0 Å². The van der Waals surface area contributed by atoms with Gasteiger partial charge in [0, 0.05) is 0 Å². The summed E-state index contributed by atoms with van der Waals surface area (Å²) in [6.07, 6.45) is 4.75. The Morgan fingerprint density at radius 3 is 2.56 bits per heavy atom. The highest BCUT2D eigenvalue weighted by atomic mass is 32.2. The Labute approximate surface area is 99.8 Å². The smallest absolute Gasteiger partial charge is 0.238 e. The zero-order valence-corrected chi connectivity index (χ0v) is 9.93. The van der Waals surface area contributed by atoms with Crippen molar-refractivity contribution in [1.82, 2.24) is 5.32 Å². The van der Waals surface area contributed by atoms with Crippen LogP contribution in [0.4, 0.5) is 0 Å². The Hall–Kier alpha value is -0.960. The van der Waals surface area contributed by atoms with E-state index in [4.69, 9.17) is 0 Å². The molecule has 1 spiro atoms. The van der Waals surface area contributed by atoms with Gasteiger partial charge in [0.15, 0.2) is 0 Å². The molecule has 16 heavy (non-hydrogen) atoms. The van der Waals surface area contributed by atoms with Crippen LogP contribution < -0.4 is 5.32 Å². The lowest BCUT2D eigenvalue weighted by Gasteiger charge is -2.21. The van der Waals surface area contributed by atoms with Gasteiger partial charge in [-0.25, -0.2) is 0 Å². The van der Waals surface area contributed by atoms with Gasteiger partial charge < -0.3 is 5.32 Å². The summed E-state index contributed by atoms with van der Waals surface area (Å²) in [4.78, 5) is 12.1. The molecule has 1 saturated carbocycles. The lowest BCUT2D eigenvalue weighted by atomic mass is 10.1. The number of amides is 1. The van der Waals surface area contributed by atoms with Gasteiger partial charge in [-0.3, -0.25) is 4.79 Å². The van der Waals surface area contributed by atoms with Crippen molar-refractivity contribution in [3.8, 4) is 0 Å². The van der Waals surface area contributed by atoms with Crippen molar-refractivity contribution in [1.29, 1.82) is 0 Å². The molecule has 2 nitrogen and oxygen atoms in total. The van der Waals surface area contributed by atoms with Crippen molar-refractivity contribution in [2.75, 3.05) is 0 Å². The molecular formula is C13H15NOS. The van der Waals surface area contributed by atoms with Gasteiger partial charge in [0.05, 0.1) is 4.87 Å². The third-order valence-corrected chi connectivity index (χ3v) is 5.13. The molecule has 0 radical (unpaired) electrons. The lowest BCUT2D eigenvalue weighted by Crippen LogP contribution is -2.36. The molecule has 84 valence electrons. The second-order valence-electron chi connectivity index (χ2n) is 4.60. The van der Waals surface area contributed by atoms with Gasteiger partial charge >= 0.3 is 0 Å². The van der Waals surface area contributed by atoms with Gasteiger partial charge in [0.1, 0.15) is 5.25 Å². The molecular weight excluding hydrogens is 218 g/mol. The zero-order valence-electron chi connectivity index (χ0n) is 9.11. The zero-order chi connectivity index (χ0) is 11.0. The Kier molecular flexibility index (Phi) is 2.43. The number of hydrogen-bond donors (Lipinski definition) is 1. The van der Waals surface area contributed by atoms with Crippen molar-refractivity contribution in [3.63, 3.8) is 0 Å². The maximum atomic E-state index is 12.0. The molecule has 1 amide bonds. The molecule has 1 unspecified atom stereocenters. The third kappa shape index (κ3) is 1.63. The lowest BCUT2D eigenvalue weighted by molar-refractivity contribution is -0.120. The highest BCUT2D eigenvalue weighted by Crippen LogP contribution is 2.51. The van der Waals surface area contributed by atoms with Crippen molar-refractivity contribution in [2.45, 2.75) is 35.8 Å². The van der Waals surface area contributed by atoms with E-state index in [-0.39, 0.29) is 16.0 Å². The fourth-order valence-corrected chi connectivity index (χ4v) is 4.23. The molecule has 2 aliphatic rings. The second kappa shape index (κ2) is 3.81. The summed E-state index contributed by atoms with van der Waals surface area (Å²) in [5.74, 6) is 0.193.